The summed E-state index contributed by atoms with van der Waals surface area (Å²) in [6.45, 7) is 4.63. The molecule has 11 heteroatoms. The predicted molar refractivity (Wildman–Crippen MR) is 129 cm³/mol. The maximum Gasteiger partial charge on any atom is 0.272 e. The lowest BCUT2D eigenvalue weighted by molar-refractivity contribution is -0.118. The molecular weight excluding hydrogens is 450 g/mol. The van der Waals surface area contributed by atoms with Gasteiger partial charge in [-0.1, -0.05) is 12.6 Å². The molecule has 0 atom stereocenters. The van der Waals surface area contributed by atoms with Gasteiger partial charge >= 0.3 is 0 Å². The quantitative estimate of drug-likeness (QED) is 0.326. The van der Waals surface area contributed by atoms with Crippen molar-refractivity contribution in [1.82, 2.24) is 25.5 Å². The zero-order valence-corrected chi connectivity index (χ0v) is 19.1. The molecule has 182 valence electrons. The van der Waals surface area contributed by atoms with E-state index < -0.39 is 0 Å². The number of nitrogens with zero attached hydrogens (tertiary/aromatic N) is 3. The molecule has 3 aromatic rings. The van der Waals surface area contributed by atoms with Gasteiger partial charge in [-0.25, -0.2) is 9.97 Å². The Morgan fingerprint density at radius 1 is 1.23 bits per heavy atom. The lowest BCUT2D eigenvalue weighted by Crippen LogP contribution is -2.26. The number of H-pyrrole nitrogens is 1. The first-order valence-electron chi connectivity index (χ1n) is 11.6. The molecule has 0 saturated heterocycles. The van der Waals surface area contributed by atoms with E-state index in [-0.39, 0.29) is 42.3 Å². The van der Waals surface area contributed by atoms with Crippen LogP contribution >= 0.6 is 0 Å². The van der Waals surface area contributed by atoms with Gasteiger partial charge in [-0.05, 0) is 49.3 Å². The Labute approximate surface area is 201 Å². The van der Waals surface area contributed by atoms with Gasteiger partial charge in [0.1, 0.15) is 23.1 Å². The third-order valence-electron chi connectivity index (χ3n) is 6.57. The molecule has 2 aromatic heterocycles. The minimum Gasteiger partial charge on any atom is -0.513 e. The van der Waals surface area contributed by atoms with Crippen molar-refractivity contribution in [2.75, 3.05) is 23.8 Å². The number of rotatable bonds is 7. The van der Waals surface area contributed by atoms with Gasteiger partial charge in [0.15, 0.2) is 18.1 Å². The van der Waals surface area contributed by atoms with E-state index in [1.54, 1.807) is 12.1 Å². The second-order valence-electron chi connectivity index (χ2n) is 8.96. The first-order chi connectivity index (χ1) is 17.0. The fourth-order valence-corrected chi connectivity index (χ4v) is 4.58. The first-order valence-corrected chi connectivity index (χ1v) is 11.6. The Morgan fingerprint density at radius 3 is 2.86 bits per heavy atom. The largest absolute Gasteiger partial charge is 0.513 e. The second-order valence-corrected chi connectivity index (χ2v) is 8.96. The molecule has 3 heterocycles. The summed E-state index contributed by atoms with van der Waals surface area (Å²) in [5, 5.41) is 25.8. The Hall–Kier alpha value is -4.15. The van der Waals surface area contributed by atoms with Gasteiger partial charge in [-0.3, -0.25) is 14.7 Å². The molecule has 5 N–H and O–H groups in total. The van der Waals surface area contributed by atoms with Gasteiger partial charge in [0.25, 0.3) is 11.8 Å². The van der Waals surface area contributed by atoms with Gasteiger partial charge in [0, 0.05) is 19.0 Å². The summed E-state index contributed by atoms with van der Waals surface area (Å²) in [7, 11) is 0. The van der Waals surface area contributed by atoms with Crippen LogP contribution in [-0.4, -0.2) is 50.2 Å². The van der Waals surface area contributed by atoms with Gasteiger partial charge in [0.2, 0.25) is 0 Å². The highest BCUT2D eigenvalue weighted by molar-refractivity contribution is 6.04. The Morgan fingerprint density at radius 2 is 2.06 bits per heavy atom. The summed E-state index contributed by atoms with van der Waals surface area (Å²) in [5.41, 5.74) is 2.60. The standard InChI is InChI=1S/C24H27N7O4/c1-13(32)16-5-2-14(3-6-16)9-25-23-21-20(30-31-23)22(28-12-27-21)24(34)26-10-15-4-7-18-17(8-15)29-19(33)11-35-18/h4,7-8,12,14,16,32H,1-3,5-6,9-11H2,(H,26,34)(H,29,33)(H2,25,30,31). The number of aliphatic hydroxyl groups is 1. The average molecular weight is 478 g/mol. The third-order valence-corrected chi connectivity index (χ3v) is 6.57. The average Bonchev–Trinajstić information content (AvgIpc) is 3.29. The van der Waals surface area contributed by atoms with Crippen molar-refractivity contribution in [3.05, 3.63) is 48.1 Å². The van der Waals surface area contributed by atoms with Crippen LogP contribution in [0, 0.1) is 11.8 Å². The fraction of sp³-hybridized carbons (Fsp3) is 0.375. The molecule has 1 aromatic carbocycles. The number of amides is 2. The summed E-state index contributed by atoms with van der Waals surface area (Å²) in [5.74, 6) is 1.54. The number of hydrogen-bond acceptors (Lipinski definition) is 8. The zero-order valence-electron chi connectivity index (χ0n) is 19.1. The van der Waals surface area contributed by atoms with Crippen LogP contribution in [0.3, 0.4) is 0 Å². The molecule has 1 saturated carbocycles. The maximum atomic E-state index is 12.9. The highest BCUT2D eigenvalue weighted by Gasteiger charge is 2.24. The smallest absolute Gasteiger partial charge is 0.272 e. The minimum absolute atomic E-state index is 0.00515. The Balaban J connectivity index is 1.22. The summed E-state index contributed by atoms with van der Waals surface area (Å²) in [4.78, 5) is 32.9. The number of aromatic nitrogens is 4. The monoisotopic (exact) mass is 477 g/mol. The molecule has 0 bridgehead atoms. The van der Waals surface area contributed by atoms with Crippen molar-refractivity contribution in [2.45, 2.75) is 32.2 Å². The van der Waals surface area contributed by atoms with Crippen molar-refractivity contribution < 1.29 is 19.4 Å². The molecule has 1 aliphatic heterocycles. The van der Waals surface area contributed by atoms with Crippen molar-refractivity contribution in [3.8, 4) is 5.75 Å². The van der Waals surface area contributed by atoms with Crippen molar-refractivity contribution in [3.63, 3.8) is 0 Å². The van der Waals surface area contributed by atoms with Crippen LogP contribution in [0.4, 0.5) is 11.5 Å². The van der Waals surface area contributed by atoms with Crippen LogP contribution in [0.1, 0.15) is 41.7 Å². The van der Waals surface area contributed by atoms with Gasteiger partial charge in [0.05, 0.1) is 11.4 Å². The van der Waals surface area contributed by atoms with E-state index in [1.165, 1.54) is 6.33 Å². The highest BCUT2D eigenvalue weighted by atomic mass is 16.5. The van der Waals surface area contributed by atoms with Crippen LogP contribution in [-0.2, 0) is 11.3 Å². The maximum absolute atomic E-state index is 12.9. The van der Waals surface area contributed by atoms with Gasteiger partial charge < -0.3 is 25.8 Å². The SMILES string of the molecule is C=C(O)C1CCC(CNc2n[nH]c3c(C(=O)NCc4ccc5c(c4)NC(=O)CO5)ncnc23)CC1. The number of carbonyl (C=O) groups is 2. The molecule has 2 amide bonds. The number of hydrogen-bond donors (Lipinski definition) is 5. The molecule has 0 radical (unpaired) electrons. The number of ether oxygens (including phenoxy) is 1. The van der Waals surface area contributed by atoms with Crippen LogP contribution in [0.15, 0.2) is 36.9 Å². The van der Waals surface area contributed by atoms with Gasteiger partial charge in [-0.2, -0.15) is 5.10 Å². The molecule has 0 unspecified atom stereocenters. The molecule has 0 spiro atoms. The zero-order chi connectivity index (χ0) is 24.4. The number of aliphatic hydroxyl groups excluding tert-OH is 1. The molecule has 11 nitrogen and oxygen atoms in total. The number of nitrogens with one attached hydrogen (secondary N) is 4. The van der Waals surface area contributed by atoms with E-state index in [2.05, 4.69) is 42.7 Å². The van der Waals surface area contributed by atoms with Crippen LogP contribution in [0.25, 0.3) is 11.0 Å². The molecule has 1 fully saturated rings. The second kappa shape index (κ2) is 9.61. The van der Waals surface area contributed by atoms with E-state index in [0.29, 0.717) is 34.2 Å². The molecule has 1 aliphatic carbocycles. The first kappa shape index (κ1) is 22.6. The predicted octanol–water partition coefficient (Wildman–Crippen LogP) is 2.90. The normalized spacial score (nSPS) is 19.4. The summed E-state index contributed by atoms with van der Waals surface area (Å²) in [6, 6.07) is 5.36. The lowest BCUT2D eigenvalue weighted by Gasteiger charge is -2.27. The van der Waals surface area contributed by atoms with E-state index in [0.717, 1.165) is 37.8 Å². The topological polar surface area (TPSA) is 154 Å². The summed E-state index contributed by atoms with van der Waals surface area (Å²) >= 11 is 0. The molecule has 5 rings (SSSR count). The van der Waals surface area contributed by atoms with Crippen molar-refractivity contribution in [2.24, 2.45) is 11.8 Å². The van der Waals surface area contributed by atoms with Crippen molar-refractivity contribution >= 4 is 34.4 Å². The van der Waals surface area contributed by atoms with Crippen LogP contribution in [0.2, 0.25) is 0 Å². The minimum atomic E-state index is -0.367. The van der Waals surface area contributed by atoms with E-state index in [9.17, 15) is 14.7 Å². The molecule has 35 heavy (non-hydrogen) atoms. The van der Waals surface area contributed by atoms with E-state index in [4.69, 9.17) is 4.74 Å². The van der Waals surface area contributed by atoms with Crippen LogP contribution < -0.4 is 20.7 Å². The number of anilines is 2. The summed E-state index contributed by atoms with van der Waals surface area (Å²) < 4.78 is 5.36. The lowest BCUT2D eigenvalue weighted by atomic mass is 9.81. The third kappa shape index (κ3) is 4.88. The van der Waals surface area contributed by atoms with Crippen molar-refractivity contribution in [1.29, 1.82) is 0 Å². The number of allylic oxidation sites excluding steroid dienone is 1. The van der Waals surface area contributed by atoms with Gasteiger partial charge in [-0.15, -0.1) is 0 Å². The fourth-order valence-electron chi connectivity index (χ4n) is 4.58. The number of carbonyl (C=O) groups excluding carboxylic acids is 2. The number of benzene rings is 1. The van der Waals surface area contributed by atoms with Crippen LogP contribution in [0.5, 0.6) is 5.75 Å². The summed E-state index contributed by atoms with van der Waals surface area (Å²) in [6.07, 6.45) is 5.21. The van der Waals surface area contributed by atoms with E-state index >= 15 is 0 Å². The highest BCUT2D eigenvalue weighted by Crippen LogP contribution is 2.32. The molecule has 2 aliphatic rings. The molecular formula is C24H27N7O4. The number of aromatic amines is 1. The van der Waals surface area contributed by atoms with E-state index in [1.807, 2.05) is 6.07 Å². The Bertz CT molecular complexity index is 1280. The Kier molecular flexibility index (Phi) is 6.21. The number of fused-ring (bicyclic) bond motifs is 2.